The SMILES string of the molecule is COc1ccc(C#CCN)c(CN2CCN(C)CC2)c1. The molecule has 1 heterocycles. The van der Waals surface area contributed by atoms with Crippen LogP contribution in [0.2, 0.25) is 0 Å². The standard InChI is InChI=1S/C16H23N3O/c1-18-8-10-19(11-9-18)13-15-12-16(20-2)6-5-14(15)4-3-7-17/h5-6,12H,7-11,13,17H2,1-2H3. The maximum Gasteiger partial charge on any atom is 0.119 e. The van der Waals surface area contributed by atoms with E-state index in [0.29, 0.717) is 6.54 Å². The van der Waals surface area contributed by atoms with Crippen LogP contribution in [0.4, 0.5) is 0 Å². The highest BCUT2D eigenvalue weighted by Gasteiger charge is 2.15. The van der Waals surface area contributed by atoms with Crippen LogP contribution >= 0.6 is 0 Å². The Balaban J connectivity index is 2.15. The maximum atomic E-state index is 5.47. The Bertz CT molecular complexity index is 496. The predicted octanol–water partition coefficient (Wildman–Crippen LogP) is 0.753. The molecule has 0 aliphatic carbocycles. The lowest BCUT2D eigenvalue weighted by molar-refractivity contribution is 0.148. The van der Waals surface area contributed by atoms with Crippen molar-refractivity contribution in [3.8, 4) is 17.6 Å². The van der Waals surface area contributed by atoms with Gasteiger partial charge in [-0.1, -0.05) is 11.8 Å². The fourth-order valence-corrected chi connectivity index (χ4v) is 2.34. The van der Waals surface area contributed by atoms with Crippen molar-refractivity contribution in [2.24, 2.45) is 5.73 Å². The summed E-state index contributed by atoms with van der Waals surface area (Å²) in [5, 5.41) is 0. The first-order chi connectivity index (χ1) is 9.72. The van der Waals surface area contributed by atoms with Gasteiger partial charge in [-0.2, -0.15) is 0 Å². The van der Waals surface area contributed by atoms with Crippen LogP contribution in [-0.4, -0.2) is 56.7 Å². The van der Waals surface area contributed by atoms with Gasteiger partial charge in [0.1, 0.15) is 5.75 Å². The van der Waals surface area contributed by atoms with Crippen molar-refractivity contribution in [1.82, 2.24) is 9.80 Å². The van der Waals surface area contributed by atoms with Gasteiger partial charge in [0, 0.05) is 38.3 Å². The number of benzene rings is 1. The molecule has 0 bridgehead atoms. The van der Waals surface area contributed by atoms with Crippen LogP contribution in [0.5, 0.6) is 5.75 Å². The molecule has 2 rings (SSSR count). The number of ether oxygens (including phenoxy) is 1. The number of piperazine rings is 1. The Labute approximate surface area is 121 Å². The molecule has 2 N–H and O–H groups in total. The molecule has 0 atom stereocenters. The van der Waals surface area contributed by atoms with Crippen LogP contribution in [0, 0.1) is 11.8 Å². The molecule has 4 nitrogen and oxygen atoms in total. The van der Waals surface area contributed by atoms with Gasteiger partial charge < -0.3 is 15.4 Å². The monoisotopic (exact) mass is 273 g/mol. The quantitative estimate of drug-likeness (QED) is 0.825. The highest BCUT2D eigenvalue weighted by molar-refractivity contribution is 5.45. The van der Waals surface area contributed by atoms with Gasteiger partial charge in [0.15, 0.2) is 0 Å². The summed E-state index contributed by atoms with van der Waals surface area (Å²) in [4.78, 5) is 4.82. The number of rotatable bonds is 3. The van der Waals surface area contributed by atoms with Crippen molar-refractivity contribution >= 4 is 0 Å². The fraction of sp³-hybridized carbons (Fsp3) is 0.500. The average Bonchev–Trinajstić information content (AvgIpc) is 2.48. The van der Waals surface area contributed by atoms with Gasteiger partial charge in [0.2, 0.25) is 0 Å². The molecule has 0 aromatic heterocycles. The zero-order valence-electron chi connectivity index (χ0n) is 12.4. The second-order valence-electron chi connectivity index (χ2n) is 5.11. The summed E-state index contributed by atoms with van der Waals surface area (Å²) in [5.74, 6) is 6.97. The van der Waals surface area contributed by atoms with Crippen molar-refractivity contribution in [3.63, 3.8) is 0 Å². The molecule has 0 spiro atoms. The van der Waals surface area contributed by atoms with Gasteiger partial charge in [-0.25, -0.2) is 0 Å². The summed E-state index contributed by atoms with van der Waals surface area (Å²) in [7, 11) is 3.86. The first kappa shape index (κ1) is 14.9. The second-order valence-corrected chi connectivity index (χ2v) is 5.11. The first-order valence-electron chi connectivity index (χ1n) is 6.99. The lowest BCUT2D eigenvalue weighted by atomic mass is 10.1. The lowest BCUT2D eigenvalue weighted by Gasteiger charge is -2.32. The van der Waals surface area contributed by atoms with Gasteiger partial charge in [0.25, 0.3) is 0 Å². The summed E-state index contributed by atoms with van der Waals surface area (Å²) < 4.78 is 5.32. The Hall–Kier alpha value is -1.54. The largest absolute Gasteiger partial charge is 0.497 e. The number of hydrogen-bond donors (Lipinski definition) is 1. The van der Waals surface area contributed by atoms with E-state index in [0.717, 1.165) is 44.0 Å². The van der Waals surface area contributed by atoms with Gasteiger partial charge in [-0.15, -0.1) is 0 Å². The van der Waals surface area contributed by atoms with E-state index in [2.05, 4.69) is 34.8 Å². The van der Waals surface area contributed by atoms with E-state index >= 15 is 0 Å². The van der Waals surface area contributed by atoms with Crippen molar-refractivity contribution in [1.29, 1.82) is 0 Å². The summed E-state index contributed by atoms with van der Waals surface area (Å²) in [6, 6.07) is 6.06. The zero-order valence-corrected chi connectivity index (χ0v) is 12.4. The molecule has 1 fully saturated rings. The second kappa shape index (κ2) is 7.30. The number of methoxy groups -OCH3 is 1. The van der Waals surface area contributed by atoms with Crippen LogP contribution < -0.4 is 10.5 Å². The van der Waals surface area contributed by atoms with Crippen LogP contribution in [-0.2, 0) is 6.54 Å². The minimum Gasteiger partial charge on any atom is -0.497 e. The maximum absolute atomic E-state index is 5.47. The van der Waals surface area contributed by atoms with Gasteiger partial charge >= 0.3 is 0 Å². The minimum atomic E-state index is 0.389. The number of hydrogen-bond acceptors (Lipinski definition) is 4. The zero-order chi connectivity index (χ0) is 14.4. The predicted molar refractivity (Wildman–Crippen MR) is 81.7 cm³/mol. The highest BCUT2D eigenvalue weighted by Crippen LogP contribution is 2.19. The Kier molecular flexibility index (Phi) is 5.42. The molecule has 0 saturated carbocycles. The minimum absolute atomic E-state index is 0.389. The summed E-state index contributed by atoms with van der Waals surface area (Å²) in [6.45, 7) is 5.73. The molecule has 0 amide bonds. The van der Waals surface area contributed by atoms with E-state index in [4.69, 9.17) is 10.5 Å². The van der Waals surface area contributed by atoms with Crippen molar-refractivity contribution in [2.75, 3.05) is 46.9 Å². The van der Waals surface area contributed by atoms with E-state index in [1.807, 2.05) is 12.1 Å². The molecule has 4 heteroatoms. The summed E-state index contributed by atoms with van der Waals surface area (Å²) in [5.41, 5.74) is 7.74. The summed E-state index contributed by atoms with van der Waals surface area (Å²) in [6.07, 6.45) is 0. The molecule has 1 aliphatic rings. The molecule has 1 saturated heterocycles. The molecule has 108 valence electrons. The molecule has 1 aromatic rings. The third-order valence-electron chi connectivity index (χ3n) is 3.63. The van der Waals surface area contributed by atoms with Gasteiger partial charge in [-0.05, 0) is 30.8 Å². The third-order valence-corrected chi connectivity index (χ3v) is 3.63. The van der Waals surface area contributed by atoms with Crippen LogP contribution in [0.1, 0.15) is 11.1 Å². The van der Waals surface area contributed by atoms with E-state index < -0.39 is 0 Å². The Morgan fingerprint density at radius 3 is 2.65 bits per heavy atom. The van der Waals surface area contributed by atoms with E-state index in [1.54, 1.807) is 7.11 Å². The average molecular weight is 273 g/mol. The molecule has 0 radical (unpaired) electrons. The highest BCUT2D eigenvalue weighted by atomic mass is 16.5. The van der Waals surface area contributed by atoms with Crippen LogP contribution in [0.3, 0.4) is 0 Å². The fourth-order valence-electron chi connectivity index (χ4n) is 2.34. The van der Waals surface area contributed by atoms with E-state index in [9.17, 15) is 0 Å². The van der Waals surface area contributed by atoms with Gasteiger partial charge in [-0.3, -0.25) is 4.90 Å². The smallest absolute Gasteiger partial charge is 0.119 e. The molecular weight excluding hydrogens is 250 g/mol. The number of likely N-dealkylation sites (N-methyl/N-ethyl adjacent to an activating group) is 1. The van der Waals surface area contributed by atoms with Crippen LogP contribution in [0.15, 0.2) is 18.2 Å². The molecule has 1 aliphatic heterocycles. The van der Waals surface area contributed by atoms with Crippen molar-refractivity contribution in [3.05, 3.63) is 29.3 Å². The topological polar surface area (TPSA) is 41.7 Å². The van der Waals surface area contributed by atoms with Gasteiger partial charge in [0.05, 0.1) is 13.7 Å². The first-order valence-corrected chi connectivity index (χ1v) is 6.99. The number of nitrogens with two attached hydrogens (primary N) is 1. The Morgan fingerprint density at radius 1 is 1.25 bits per heavy atom. The van der Waals surface area contributed by atoms with E-state index in [-0.39, 0.29) is 0 Å². The number of nitrogens with zero attached hydrogens (tertiary/aromatic N) is 2. The molecular formula is C16H23N3O. The molecule has 0 unspecified atom stereocenters. The molecule has 20 heavy (non-hydrogen) atoms. The summed E-state index contributed by atoms with van der Waals surface area (Å²) >= 11 is 0. The van der Waals surface area contributed by atoms with Crippen molar-refractivity contribution in [2.45, 2.75) is 6.54 Å². The Morgan fingerprint density at radius 2 is 2.00 bits per heavy atom. The lowest BCUT2D eigenvalue weighted by Crippen LogP contribution is -2.43. The van der Waals surface area contributed by atoms with Crippen LogP contribution in [0.25, 0.3) is 0 Å². The van der Waals surface area contributed by atoms with Crippen molar-refractivity contribution < 1.29 is 4.74 Å². The normalized spacial score (nSPS) is 16.6. The molecule has 1 aromatic carbocycles. The van der Waals surface area contributed by atoms with E-state index in [1.165, 1.54) is 5.56 Å². The third kappa shape index (κ3) is 3.97.